The second kappa shape index (κ2) is 9.41. The molecule has 34 heavy (non-hydrogen) atoms. The first-order valence-corrected chi connectivity index (χ1v) is 10.2. The van der Waals surface area contributed by atoms with E-state index in [0.29, 0.717) is 0 Å². The van der Waals surface area contributed by atoms with E-state index in [2.05, 4.69) is 15.4 Å². The number of piperidine rings is 1. The average molecular weight is 477 g/mol. The predicted octanol–water partition coefficient (Wildman–Crippen LogP) is 2.94. The number of hydrogen-bond donors (Lipinski definition) is 2. The molecule has 4 rings (SSSR count). The number of imide groups is 1. The highest BCUT2D eigenvalue weighted by Crippen LogP contribution is 2.30. The fourth-order valence-corrected chi connectivity index (χ4v) is 3.81. The highest BCUT2D eigenvalue weighted by molar-refractivity contribution is 6.05. The van der Waals surface area contributed by atoms with Gasteiger partial charge in [-0.3, -0.25) is 25.0 Å². The monoisotopic (exact) mass is 477 g/mol. The van der Waals surface area contributed by atoms with Crippen molar-refractivity contribution in [3.8, 4) is 5.75 Å². The number of nitrogens with one attached hydrogen (secondary N) is 2. The van der Waals surface area contributed by atoms with E-state index in [0.717, 1.165) is 6.07 Å². The smallest absolute Gasteiger partial charge is 0.411 e. The Balaban J connectivity index is 1.40. The van der Waals surface area contributed by atoms with Crippen molar-refractivity contribution in [1.82, 2.24) is 10.2 Å². The SMILES string of the molecule is O=C1CCC(N2Cc3c(F)cc(COC(=O)Nc4cccc(OC(F)F)c4)cc3C2=O)C(=O)N1. The van der Waals surface area contributed by atoms with Crippen molar-refractivity contribution in [2.45, 2.75) is 38.6 Å². The minimum atomic E-state index is -3.02. The maximum atomic E-state index is 14.7. The molecule has 1 fully saturated rings. The Morgan fingerprint density at radius 3 is 2.74 bits per heavy atom. The average Bonchev–Trinajstić information content (AvgIpc) is 3.09. The third-order valence-electron chi connectivity index (χ3n) is 5.34. The lowest BCUT2D eigenvalue weighted by atomic mass is 10.0. The normalized spacial score (nSPS) is 17.5. The van der Waals surface area contributed by atoms with Gasteiger partial charge >= 0.3 is 12.7 Å². The molecule has 0 spiro atoms. The van der Waals surface area contributed by atoms with Gasteiger partial charge in [-0.2, -0.15) is 8.78 Å². The molecule has 0 aliphatic carbocycles. The number of nitrogens with zero attached hydrogens (tertiary/aromatic N) is 1. The molecule has 2 aliphatic rings. The zero-order chi connectivity index (χ0) is 24.4. The quantitative estimate of drug-likeness (QED) is 0.619. The van der Waals surface area contributed by atoms with Gasteiger partial charge in [0.15, 0.2) is 0 Å². The Morgan fingerprint density at radius 1 is 1.21 bits per heavy atom. The zero-order valence-corrected chi connectivity index (χ0v) is 17.5. The number of benzene rings is 2. The summed E-state index contributed by atoms with van der Waals surface area (Å²) in [7, 11) is 0. The number of rotatable bonds is 6. The van der Waals surface area contributed by atoms with Crippen molar-refractivity contribution in [3.05, 3.63) is 58.9 Å². The topological polar surface area (TPSA) is 114 Å². The molecule has 9 nitrogen and oxygen atoms in total. The molecule has 1 atom stereocenters. The summed E-state index contributed by atoms with van der Waals surface area (Å²) in [6.07, 6.45) is -0.720. The number of alkyl halides is 2. The lowest BCUT2D eigenvalue weighted by Crippen LogP contribution is -2.52. The van der Waals surface area contributed by atoms with Gasteiger partial charge < -0.3 is 14.4 Å². The molecule has 178 valence electrons. The lowest BCUT2D eigenvalue weighted by Gasteiger charge is -2.29. The molecule has 2 aliphatic heterocycles. The maximum absolute atomic E-state index is 14.7. The molecule has 0 saturated carbocycles. The zero-order valence-electron chi connectivity index (χ0n) is 17.5. The van der Waals surface area contributed by atoms with Crippen LogP contribution in [0, 0.1) is 5.82 Å². The first kappa shape index (κ1) is 23.1. The summed E-state index contributed by atoms with van der Waals surface area (Å²) >= 11 is 0. The third-order valence-corrected chi connectivity index (χ3v) is 5.34. The van der Waals surface area contributed by atoms with Crippen LogP contribution in [0.15, 0.2) is 36.4 Å². The summed E-state index contributed by atoms with van der Waals surface area (Å²) in [6, 6.07) is 6.88. The van der Waals surface area contributed by atoms with E-state index in [-0.39, 0.29) is 54.1 Å². The fraction of sp³-hybridized carbons (Fsp3) is 0.273. The summed E-state index contributed by atoms with van der Waals surface area (Å²) in [5, 5.41) is 4.50. The third kappa shape index (κ3) is 4.95. The van der Waals surface area contributed by atoms with Gasteiger partial charge in [-0.15, -0.1) is 0 Å². The Hall–Kier alpha value is -4.09. The lowest BCUT2D eigenvalue weighted by molar-refractivity contribution is -0.136. The van der Waals surface area contributed by atoms with E-state index in [1.54, 1.807) is 0 Å². The first-order valence-electron chi connectivity index (χ1n) is 10.2. The van der Waals surface area contributed by atoms with Crippen LogP contribution in [-0.4, -0.2) is 41.4 Å². The summed E-state index contributed by atoms with van der Waals surface area (Å²) in [6.45, 7) is -3.52. The van der Waals surface area contributed by atoms with Crippen LogP contribution in [0.2, 0.25) is 0 Å². The molecule has 0 bridgehead atoms. The summed E-state index contributed by atoms with van der Waals surface area (Å²) in [5.41, 5.74) is 0.484. The van der Waals surface area contributed by atoms with Gasteiger partial charge in [0.05, 0.1) is 6.54 Å². The minimum absolute atomic E-state index is 0.0422. The number of carbonyl (C=O) groups excluding carboxylic acids is 4. The van der Waals surface area contributed by atoms with Crippen LogP contribution in [0.25, 0.3) is 0 Å². The van der Waals surface area contributed by atoms with Crippen LogP contribution < -0.4 is 15.4 Å². The number of fused-ring (bicyclic) bond motifs is 1. The minimum Gasteiger partial charge on any atom is -0.444 e. The van der Waals surface area contributed by atoms with Gasteiger partial charge in [-0.1, -0.05) is 6.07 Å². The Labute approximate surface area is 190 Å². The second-order valence-corrected chi connectivity index (χ2v) is 7.61. The van der Waals surface area contributed by atoms with E-state index in [1.165, 1.54) is 35.2 Å². The van der Waals surface area contributed by atoms with E-state index in [4.69, 9.17) is 4.74 Å². The maximum Gasteiger partial charge on any atom is 0.411 e. The molecule has 4 amide bonds. The van der Waals surface area contributed by atoms with E-state index in [9.17, 15) is 32.3 Å². The van der Waals surface area contributed by atoms with Crippen LogP contribution in [-0.2, 0) is 27.5 Å². The van der Waals surface area contributed by atoms with Crippen molar-refractivity contribution in [2.24, 2.45) is 0 Å². The van der Waals surface area contributed by atoms with E-state index < -0.39 is 42.3 Å². The molecule has 2 N–H and O–H groups in total. The number of ether oxygens (including phenoxy) is 2. The number of hydrogen-bond acceptors (Lipinski definition) is 6. The van der Waals surface area contributed by atoms with E-state index >= 15 is 0 Å². The van der Waals surface area contributed by atoms with Crippen LogP contribution >= 0.6 is 0 Å². The molecule has 1 unspecified atom stereocenters. The molecule has 1 saturated heterocycles. The van der Waals surface area contributed by atoms with Crippen molar-refractivity contribution in [3.63, 3.8) is 0 Å². The number of anilines is 1. The Bertz CT molecular complexity index is 1170. The van der Waals surface area contributed by atoms with Crippen molar-refractivity contribution < 1.29 is 41.8 Å². The first-order chi connectivity index (χ1) is 16.2. The van der Waals surface area contributed by atoms with Gasteiger partial charge in [0.2, 0.25) is 11.8 Å². The molecule has 2 heterocycles. The molecule has 0 radical (unpaired) electrons. The van der Waals surface area contributed by atoms with E-state index in [1.807, 2.05) is 0 Å². The van der Waals surface area contributed by atoms with Crippen LogP contribution in [0.4, 0.5) is 23.7 Å². The highest BCUT2D eigenvalue weighted by atomic mass is 19.3. The molecular weight excluding hydrogens is 459 g/mol. The fourth-order valence-electron chi connectivity index (χ4n) is 3.81. The standard InChI is InChI=1S/C22H18F3N3O6/c23-16-7-11(10-33-22(32)26-12-2-1-3-13(8-12)34-21(24)25)6-14-15(16)9-28(20(14)31)17-4-5-18(29)27-19(17)30/h1-3,6-8,17,21H,4-5,9-10H2,(H,26,32)(H,27,29,30). The number of halogens is 3. The van der Waals surface area contributed by atoms with Crippen LogP contribution in [0.3, 0.4) is 0 Å². The summed E-state index contributed by atoms with van der Waals surface area (Å²) in [4.78, 5) is 49.6. The van der Waals surface area contributed by atoms with Crippen molar-refractivity contribution >= 4 is 29.5 Å². The van der Waals surface area contributed by atoms with Crippen LogP contribution in [0.5, 0.6) is 5.75 Å². The Kier molecular flexibility index (Phi) is 6.39. The number of carbonyl (C=O) groups is 4. The van der Waals surface area contributed by atoms with Gasteiger partial charge in [0.25, 0.3) is 5.91 Å². The highest BCUT2D eigenvalue weighted by Gasteiger charge is 2.40. The molecular formula is C22H18F3N3O6. The van der Waals surface area contributed by atoms with Gasteiger partial charge in [0, 0.05) is 29.3 Å². The van der Waals surface area contributed by atoms with Gasteiger partial charge in [0.1, 0.15) is 24.2 Å². The van der Waals surface area contributed by atoms with Crippen molar-refractivity contribution in [1.29, 1.82) is 0 Å². The second-order valence-electron chi connectivity index (χ2n) is 7.61. The molecule has 0 aromatic heterocycles. The molecule has 12 heteroatoms. The molecule has 2 aromatic carbocycles. The predicted molar refractivity (Wildman–Crippen MR) is 109 cm³/mol. The van der Waals surface area contributed by atoms with Crippen molar-refractivity contribution in [2.75, 3.05) is 5.32 Å². The largest absolute Gasteiger partial charge is 0.444 e. The summed E-state index contributed by atoms with van der Waals surface area (Å²) < 4.78 is 48.6. The number of amides is 4. The van der Waals surface area contributed by atoms with Crippen LogP contribution in [0.1, 0.15) is 34.3 Å². The van der Waals surface area contributed by atoms with Gasteiger partial charge in [-0.05, 0) is 36.2 Å². The summed E-state index contributed by atoms with van der Waals surface area (Å²) in [5.74, 6) is -2.46. The Morgan fingerprint density at radius 2 is 2.00 bits per heavy atom. The molecule has 2 aromatic rings. The van der Waals surface area contributed by atoms with Gasteiger partial charge in [-0.25, -0.2) is 9.18 Å².